The fourth-order valence-electron chi connectivity index (χ4n) is 2.24. The van der Waals surface area contributed by atoms with Crippen LogP contribution in [0, 0.1) is 0 Å². The number of nitrogens with two attached hydrogens (primary N) is 1. The highest BCUT2D eigenvalue weighted by molar-refractivity contribution is 9.10. The Hall–Kier alpha value is -2.80. The van der Waals surface area contributed by atoms with Gasteiger partial charge in [-0.3, -0.25) is 0 Å². The van der Waals surface area contributed by atoms with E-state index < -0.39 is 0 Å². The summed E-state index contributed by atoms with van der Waals surface area (Å²) in [5, 5.41) is 6.40. The number of hydrogen-bond acceptors (Lipinski definition) is 6. The molecule has 128 valence electrons. The SMILES string of the molecule is CCOc1ccc(Nc2ncnc(Nc3cccc(Br)c3)c2N)cc1. The lowest BCUT2D eigenvalue weighted by molar-refractivity contribution is 0.340. The smallest absolute Gasteiger partial charge is 0.159 e. The topological polar surface area (TPSA) is 85.1 Å². The van der Waals surface area contributed by atoms with Gasteiger partial charge in [0.1, 0.15) is 17.8 Å². The Labute approximate surface area is 154 Å². The van der Waals surface area contributed by atoms with E-state index in [2.05, 4.69) is 36.5 Å². The zero-order valence-electron chi connectivity index (χ0n) is 13.7. The maximum Gasteiger partial charge on any atom is 0.159 e. The lowest BCUT2D eigenvalue weighted by atomic mass is 10.3. The average Bonchev–Trinajstić information content (AvgIpc) is 2.60. The number of halogens is 1. The van der Waals surface area contributed by atoms with E-state index >= 15 is 0 Å². The first kappa shape index (κ1) is 17.0. The fourth-order valence-corrected chi connectivity index (χ4v) is 2.63. The molecule has 0 fully saturated rings. The number of hydrogen-bond donors (Lipinski definition) is 3. The Balaban J connectivity index is 1.78. The number of nitrogens with one attached hydrogen (secondary N) is 2. The molecule has 0 atom stereocenters. The minimum absolute atomic E-state index is 0.441. The summed E-state index contributed by atoms with van der Waals surface area (Å²) in [6.45, 7) is 2.59. The molecule has 0 unspecified atom stereocenters. The van der Waals surface area contributed by atoms with E-state index in [0.29, 0.717) is 23.9 Å². The van der Waals surface area contributed by atoms with Crippen LogP contribution in [0.1, 0.15) is 6.92 Å². The van der Waals surface area contributed by atoms with Gasteiger partial charge in [-0.2, -0.15) is 0 Å². The number of benzene rings is 2. The molecule has 1 heterocycles. The Morgan fingerprint density at radius 2 is 1.68 bits per heavy atom. The second kappa shape index (κ2) is 7.85. The minimum atomic E-state index is 0.441. The molecule has 4 N–H and O–H groups in total. The van der Waals surface area contributed by atoms with Gasteiger partial charge >= 0.3 is 0 Å². The van der Waals surface area contributed by atoms with Crippen molar-refractivity contribution >= 4 is 44.6 Å². The van der Waals surface area contributed by atoms with Crippen LogP contribution in [0.2, 0.25) is 0 Å². The first-order valence-corrected chi connectivity index (χ1v) is 8.58. The van der Waals surface area contributed by atoms with Crippen LogP contribution in [0.4, 0.5) is 28.7 Å². The van der Waals surface area contributed by atoms with Gasteiger partial charge in [0.25, 0.3) is 0 Å². The molecule has 0 saturated heterocycles. The first-order chi connectivity index (χ1) is 12.2. The molecule has 25 heavy (non-hydrogen) atoms. The summed E-state index contributed by atoms with van der Waals surface area (Å²) in [5.41, 5.74) is 8.39. The predicted molar refractivity (Wildman–Crippen MR) is 105 cm³/mol. The number of anilines is 5. The lowest BCUT2D eigenvalue weighted by Gasteiger charge is -2.13. The fraction of sp³-hybridized carbons (Fsp3) is 0.111. The molecule has 7 heteroatoms. The maximum atomic E-state index is 6.21. The van der Waals surface area contributed by atoms with Crippen molar-refractivity contribution in [2.75, 3.05) is 23.0 Å². The van der Waals surface area contributed by atoms with Gasteiger partial charge < -0.3 is 21.1 Å². The molecule has 3 aromatic rings. The zero-order valence-corrected chi connectivity index (χ0v) is 15.2. The quantitative estimate of drug-likeness (QED) is 0.556. The average molecular weight is 400 g/mol. The van der Waals surface area contributed by atoms with Gasteiger partial charge in [-0.1, -0.05) is 22.0 Å². The van der Waals surface area contributed by atoms with Crippen molar-refractivity contribution in [1.82, 2.24) is 9.97 Å². The van der Waals surface area contributed by atoms with Gasteiger partial charge in [0.15, 0.2) is 11.6 Å². The zero-order chi connectivity index (χ0) is 17.6. The Bertz CT molecular complexity index is 854. The van der Waals surface area contributed by atoms with E-state index in [1.165, 1.54) is 6.33 Å². The molecule has 0 saturated carbocycles. The van der Waals surface area contributed by atoms with Crippen molar-refractivity contribution in [2.45, 2.75) is 6.92 Å². The van der Waals surface area contributed by atoms with E-state index in [-0.39, 0.29) is 0 Å². The van der Waals surface area contributed by atoms with Crippen LogP contribution >= 0.6 is 15.9 Å². The minimum Gasteiger partial charge on any atom is -0.494 e. The van der Waals surface area contributed by atoms with Gasteiger partial charge in [0, 0.05) is 15.8 Å². The highest BCUT2D eigenvalue weighted by Gasteiger charge is 2.09. The van der Waals surface area contributed by atoms with Crippen LogP contribution in [-0.4, -0.2) is 16.6 Å². The molecule has 0 spiro atoms. The maximum absolute atomic E-state index is 6.21. The Morgan fingerprint density at radius 1 is 1.00 bits per heavy atom. The third kappa shape index (κ3) is 4.39. The first-order valence-electron chi connectivity index (χ1n) is 7.78. The van der Waals surface area contributed by atoms with Gasteiger partial charge in [0.2, 0.25) is 0 Å². The normalized spacial score (nSPS) is 10.3. The predicted octanol–water partition coefficient (Wildman–Crippen LogP) is 4.71. The lowest BCUT2D eigenvalue weighted by Crippen LogP contribution is -2.05. The number of rotatable bonds is 6. The van der Waals surface area contributed by atoms with Crippen LogP contribution in [0.15, 0.2) is 59.3 Å². The Morgan fingerprint density at radius 3 is 2.32 bits per heavy atom. The number of nitrogens with zero attached hydrogens (tertiary/aromatic N) is 2. The highest BCUT2D eigenvalue weighted by Crippen LogP contribution is 2.29. The third-order valence-corrected chi connectivity index (χ3v) is 3.89. The second-order valence-electron chi connectivity index (χ2n) is 5.20. The second-order valence-corrected chi connectivity index (χ2v) is 6.12. The van der Waals surface area contributed by atoms with Gasteiger partial charge in [-0.25, -0.2) is 9.97 Å². The molecule has 2 aromatic carbocycles. The molecular weight excluding hydrogens is 382 g/mol. The van der Waals surface area contributed by atoms with E-state index in [9.17, 15) is 0 Å². The van der Waals surface area contributed by atoms with Crippen LogP contribution < -0.4 is 21.1 Å². The van der Waals surface area contributed by atoms with Crippen molar-refractivity contribution in [2.24, 2.45) is 0 Å². The summed E-state index contributed by atoms with van der Waals surface area (Å²) < 4.78 is 6.41. The summed E-state index contributed by atoms with van der Waals surface area (Å²) in [5.74, 6) is 1.90. The number of ether oxygens (including phenoxy) is 1. The summed E-state index contributed by atoms with van der Waals surface area (Å²) in [6.07, 6.45) is 1.47. The highest BCUT2D eigenvalue weighted by atomic mass is 79.9. The van der Waals surface area contributed by atoms with Crippen molar-refractivity contribution in [3.63, 3.8) is 0 Å². The van der Waals surface area contributed by atoms with E-state index in [4.69, 9.17) is 10.5 Å². The largest absolute Gasteiger partial charge is 0.494 e. The van der Waals surface area contributed by atoms with Gasteiger partial charge in [-0.15, -0.1) is 0 Å². The van der Waals surface area contributed by atoms with Crippen molar-refractivity contribution in [1.29, 1.82) is 0 Å². The molecular formula is C18H18BrN5O. The molecule has 0 aliphatic rings. The van der Waals surface area contributed by atoms with Crippen molar-refractivity contribution in [3.8, 4) is 5.75 Å². The monoisotopic (exact) mass is 399 g/mol. The van der Waals surface area contributed by atoms with Gasteiger partial charge in [0.05, 0.1) is 6.61 Å². The molecule has 0 aliphatic heterocycles. The van der Waals surface area contributed by atoms with E-state index in [0.717, 1.165) is 21.6 Å². The summed E-state index contributed by atoms with van der Waals surface area (Å²) in [7, 11) is 0. The molecule has 1 aromatic heterocycles. The van der Waals surface area contributed by atoms with Crippen LogP contribution in [0.3, 0.4) is 0 Å². The van der Waals surface area contributed by atoms with Crippen LogP contribution in [-0.2, 0) is 0 Å². The number of nitrogen functional groups attached to an aromatic ring is 1. The van der Waals surface area contributed by atoms with Gasteiger partial charge in [-0.05, 0) is 49.4 Å². The molecule has 0 aliphatic carbocycles. The van der Waals surface area contributed by atoms with E-state index in [1.54, 1.807) is 0 Å². The summed E-state index contributed by atoms with van der Waals surface area (Å²) in [4.78, 5) is 8.45. The molecule has 3 rings (SSSR count). The molecule has 0 radical (unpaired) electrons. The molecule has 6 nitrogen and oxygen atoms in total. The van der Waals surface area contributed by atoms with Crippen molar-refractivity contribution < 1.29 is 4.74 Å². The number of aromatic nitrogens is 2. The molecule has 0 amide bonds. The Kier molecular flexibility index (Phi) is 5.35. The van der Waals surface area contributed by atoms with E-state index in [1.807, 2.05) is 55.5 Å². The summed E-state index contributed by atoms with van der Waals surface area (Å²) >= 11 is 3.44. The van der Waals surface area contributed by atoms with Crippen LogP contribution in [0.25, 0.3) is 0 Å². The van der Waals surface area contributed by atoms with Crippen LogP contribution in [0.5, 0.6) is 5.75 Å². The standard InChI is InChI=1S/C18H18BrN5O/c1-2-25-15-8-6-13(7-9-15)23-17-16(20)18(22-11-21-17)24-14-5-3-4-12(19)10-14/h3-11H,2,20H2,1H3,(H2,21,22,23,24). The molecule has 0 bridgehead atoms. The van der Waals surface area contributed by atoms with Crippen molar-refractivity contribution in [3.05, 3.63) is 59.3 Å². The summed E-state index contributed by atoms with van der Waals surface area (Å²) in [6, 6.07) is 15.4. The third-order valence-electron chi connectivity index (χ3n) is 3.40.